The minimum Gasteiger partial charge on any atom is -0.416 e. The van der Waals surface area contributed by atoms with Gasteiger partial charge in [-0.1, -0.05) is 17.7 Å². The molecule has 0 fully saturated rings. The monoisotopic (exact) mass is 448 g/mol. The molecule has 8 nitrogen and oxygen atoms in total. The summed E-state index contributed by atoms with van der Waals surface area (Å²) in [5, 5.41) is 11.0. The van der Waals surface area contributed by atoms with Crippen LogP contribution in [0.15, 0.2) is 77.2 Å². The zero-order chi connectivity index (χ0) is 22.7. The highest BCUT2D eigenvalue weighted by molar-refractivity contribution is 7.92. The summed E-state index contributed by atoms with van der Waals surface area (Å²) in [7, 11) is -3.35. The molecular weight excluding hydrogens is 428 g/mol. The number of hydrogen-bond donors (Lipinski definition) is 2. The predicted molar refractivity (Wildman–Crippen MR) is 123 cm³/mol. The Kier molecular flexibility index (Phi) is 5.74. The molecule has 3 aromatic carbocycles. The summed E-state index contributed by atoms with van der Waals surface area (Å²) in [6.07, 6.45) is 1.07. The van der Waals surface area contributed by atoms with Crippen molar-refractivity contribution in [2.24, 2.45) is 0 Å². The quantitative estimate of drug-likeness (QED) is 0.454. The third-order valence-electron chi connectivity index (χ3n) is 4.53. The maximum Gasteiger partial charge on any atom is 0.255 e. The Morgan fingerprint density at radius 2 is 1.47 bits per heavy atom. The van der Waals surface area contributed by atoms with Gasteiger partial charge in [-0.25, -0.2) is 8.42 Å². The molecule has 0 spiro atoms. The molecule has 0 saturated carbocycles. The van der Waals surface area contributed by atoms with E-state index in [0.717, 1.165) is 17.4 Å². The van der Waals surface area contributed by atoms with Gasteiger partial charge in [-0.05, 0) is 67.6 Å². The van der Waals surface area contributed by atoms with Gasteiger partial charge in [0.15, 0.2) is 0 Å². The number of carbonyl (C=O) groups excluding carboxylic acids is 1. The first-order valence-electron chi connectivity index (χ1n) is 9.67. The Hall–Kier alpha value is -3.98. The third kappa shape index (κ3) is 5.19. The lowest BCUT2D eigenvalue weighted by molar-refractivity contribution is 0.102. The highest BCUT2D eigenvalue weighted by Gasteiger charge is 2.12. The first-order chi connectivity index (χ1) is 15.3. The van der Waals surface area contributed by atoms with Crippen molar-refractivity contribution in [2.75, 3.05) is 16.3 Å². The third-order valence-corrected chi connectivity index (χ3v) is 5.14. The van der Waals surface area contributed by atoms with Crippen molar-refractivity contribution in [3.05, 3.63) is 83.9 Å². The van der Waals surface area contributed by atoms with Crippen LogP contribution in [-0.2, 0) is 10.0 Å². The molecule has 0 saturated heterocycles. The average Bonchev–Trinajstić information content (AvgIpc) is 3.25. The van der Waals surface area contributed by atoms with E-state index in [2.05, 4.69) is 20.2 Å². The molecule has 0 aliphatic carbocycles. The SMILES string of the molecule is Cc1cccc(-c2nnc(-c3ccc(C(=O)Nc4ccc(NS(C)(=O)=O)cc4)cc3)o2)c1. The molecule has 0 radical (unpaired) electrons. The van der Waals surface area contributed by atoms with Gasteiger partial charge >= 0.3 is 0 Å². The van der Waals surface area contributed by atoms with Crippen LogP contribution in [0.2, 0.25) is 0 Å². The topological polar surface area (TPSA) is 114 Å². The number of aromatic nitrogens is 2. The second kappa shape index (κ2) is 8.64. The smallest absolute Gasteiger partial charge is 0.255 e. The van der Waals surface area contributed by atoms with E-state index < -0.39 is 10.0 Å². The summed E-state index contributed by atoms with van der Waals surface area (Å²) in [5.41, 5.74) is 4.04. The number of carbonyl (C=O) groups is 1. The maximum absolute atomic E-state index is 12.5. The van der Waals surface area contributed by atoms with Gasteiger partial charge in [0.1, 0.15) is 0 Å². The van der Waals surface area contributed by atoms with Crippen LogP contribution in [0, 0.1) is 6.92 Å². The first-order valence-corrected chi connectivity index (χ1v) is 11.6. The van der Waals surface area contributed by atoms with Crippen molar-refractivity contribution in [1.29, 1.82) is 0 Å². The molecular formula is C23H20N4O4S. The molecule has 4 rings (SSSR count). The van der Waals surface area contributed by atoms with Gasteiger partial charge in [-0.3, -0.25) is 9.52 Å². The van der Waals surface area contributed by atoms with Crippen LogP contribution < -0.4 is 10.0 Å². The predicted octanol–water partition coefficient (Wildman–Crippen LogP) is 4.34. The molecule has 162 valence electrons. The molecule has 1 aromatic heterocycles. The normalized spacial score (nSPS) is 11.2. The molecule has 32 heavy (non-hydrogen) atoms. The molecule has 4 aromatic rings. The molecule has 0 aliphatic rings. The number of benzene rings is 3. The van der Waals surface area contributed by atoms with E-state index in [9.17, 15) is 13.2 Å². The highest BCUT2D eigenvalue weighted by atomic mass is 32.2. The second-order valence-corrected chi connectivity index (χ2v) is 9.01. The van der Waals surface area contributed by atoms with Crippen LogP contribution in [0.1, 0.15) is 15.9 Å². The van der Waals surface area contributed by atoms with Crippen molar-refractivity contribution in [1.82, 2.24) is 10.2 Å². The number of nitrogens with one attached hydrogen (secondary N) is 2. The standard InChI is InChI=1S/C23H20N4O4S/c1-15-4-3-5-18(14-15)23-26-25-22(31-23)17-8-6-16(7-9-17)21(28)24-19-10-12-20(13-11-19)27-32(2,29)30/h3-14,27H,1-2H3,(H,24,28). The zero-order valence-corrected chi connectivity index (χ0v) is 18.2. The maximum atomic E-state index is 12.5. The van der Waals surface area contributed by atoms with Gasteiger partial charge in [0, 0.05) is 28.1 Å². The summed E-state index contributed by atoms with van der Waals surface area (Å²) in [6, 6.07) is 21.0. The number of aryl methyl sites for hydroxylation is 1. The Bertz CT molecular complexity index is 1360. The van der Waals surface area contributed by atoms with Gasteiger partial charge in [0.2, 0.25) is 21.8 Å². The minimum atomic E-state index is -3.35. The minimum absolute atomic E-state index is 0.300. The molecule has 2 N–H and O–H groups in total. The largest absolute Gasteiger partial charge is 0.416 e. The van der Waals surface area contributed by atoms with Gasteiger partial charge in [-0.2, -0.15) is 0 Å². The van der Waals surface area contributed by atoms with Crippen LogP contribution in [0.3, 0.4) is 0 Å². The van der Waals surface area contributed by atoms with Crippen LogP contribution in [0.4, 0.5) is 11.4 Å². The molecule has 0 bridgehead atoms. The van der Waals surface area contributed by atoms with E-state index in [-0.39, 0.29) is 5.91 Å². The number of anilines is 2. The van der Waals surface area contributed by atoms with Gasteiger partial charge in [0.05, 0.1) is 6.26 Å². The number of amides is 1. The Balaban J connectivity index is 1.44. The van der Waals surface area contributed by atoms with Gasteiger partial charge in [-0.15, -0.1) is 10.2 Å². The first kappa shape index (κ1) is 21.3. The van der Waals surface area contributed by atoms with E-state index in [4.69, 9.17) is 4.42 Å². The fourth-order valence-corrected chi connectivity index (χ4v) is 3.60. The van der Waals surface area contributed by atoms with Crippen molar-refractivity contribution in [3.8, 4) is 22.9 Å². The summed E-state index contributed by atoms with van der Waals surface area (Å²) in [6.45, 7) is 1.99. The number of hydrogen-bond acceptors (Lipinski definition) is 6. The van der Waals surface area contributed by atoms with Crippen molar-refractivity contribution in [2.45, 2.75) is 6.92 Å². The fourth-order valence-electron chi connectivity index (χ4n) is 3.04. The molecule has 9 heteroatoms. The van der Waals surface area contributed by atoms with Crippen LogP contribution in [-0.4, -0.2) is 30.8 Å². The average molecular weight is 449 g/mol. The lowest BCUT2D eigenvalue weighted by atomic mass is 10.1. The second-order valence-electron chi connectivity index (χ2n) is 7.26. The van der Waals surface area contributed by atoms with E-state index in [1.165, 1.54) is 0 Å². The molecule has 1 amide bonds. The van der Waals surface area contributed by atoms with Crippen molar-refractivity contribution >= 4 is 27.3 Å². The van der Waals surface area contributed by atoms with E-state index >= 15 is 0 Å². The van der Waals surface area contributed by atoms with Crippen molar-refractivity contribution < 1.29 is 17.6 Å². The Morgan fingerprint density at radius 1 is 0.844 bits per heavy atom. The molecule has 0 aliphatic heterocycles. The summed E-state index contributed by atoms with van der Waals surface area (Å²) < 4.78 is 30.7. The molecule has 1 heterocycles. The highest BCUT2D eigenvalue weighted by Crippen LogP contribution is 2.25. The van der Waals surface area contributed by atoms with Crippen LogP contribution >= 0.6 is 0 Å². The Morgan fingerprint density at radius 3 is 2.09 bits per heavy atom. The van der Waals surface area contributed by atoms with E-state index in [1.54, 1.807) is 48.5 Å². The number of rotatable bonds is 6. The van der Waals surface area contributed by atoms with E-state index in [0.29, 0.717) is 34.3 Å². The van der Waals surface area contributed by atoms with Crippen LogP contribution in [0.5, 0.6) is 0 Å². The summed E-state index contributed by atoms with van der Waals surface area (Å²) >= 11 is 0. The lowest BCUT2D eigenvalue weighted by Crippen LogP contribution is -2.12. The fraction of sp³-hybridized carbons (Fsp3) is 0.0870. The lowest BCUT2D eigenvalue weighted by Gasteiger charge is -2.08. The van der Waals surface area contributed by atoms with Gasteiger partial charge < -0.3 is 9.73 Å². The van der Waals surface area contributed by atoms with Gasteiger partial charge in [0.25, 0.3) is 5.91 Å². The Labute approximate surface area is 185 Å². The summed E-state index contributed by atoms with van der Waals surface area (Å²) in [5.74, 6) is 0.494. The number of sulfonamides is 1. The summed E-state index contributed by atoms with van der Waals surface area (Å²) in [4.78, 5) is 12.5. The van der Waals surface area contributed by atoms with Crippen LogP contribution in [0.25, 0.3) is 22.9 Å². The molecule has 0 atom stereocenters. The number of nitrogens with zero attached hydrogens (tertiary/aromatic N) is 2. The van der Waals surface area contributed by atoms with E-state index in [1.807, 2.05) is 31.2 Å². The molecule has 0 unspecified atom stereocenters. The zero-order valence-electron chi connectivity index (χ0n) is 17.4. The van der Waals surface area contributed by atoms with Crippen molar-refractivity contribution in [3.63, 3.8) is 0 Å².